The van der Waals surface area contributed by atoms with Gasteiger partial charge in [0.15, 0.2) is 0 Å². The Morgan fingerprint density at radius 3 is 2.50 bits per heavy atom. The summed E-state index contributed by atoms with van der Waals surface area (Å²) in [5.74, 6) is -2.83. The van der Waals surface area contributed by atoms with Crippen molar-refractivity contribution in [1.29, 1.82) is 0 Å². The van der Waals surface area contributed by atoms with Gasteiger partial charge in [-0.3, -0.25) is 4.79 Å². The molecule has 7 atom stereocenters. The molecule has 28 heavy (non-hydrogen) atoms. The molecule has 3 saturated carbocycles. The third kappa shape index (κ3) is 2.60. The maximum Gasteiger partial charge on any atom is 0.333 e. The Bertz CT molecular complexity index is 752. The van der Waals surface area contributed by atoms with Crippen molar-refractivity contribution in [2.24, 2.45) is 28.6 Å². The highest BCUT2D eigenvalue weighted by Crippen LogP contribution is 2.67. The third-order valence-electron chi connectivity index (χ3n) is 8.31. The van der Waals surface area contributed by atoms with E-state index in [1.165, 1.54) is 13.0 Å². The monoisotopic (exact) mass is 392 g/mol. The molecule has 0 radical (unpaired) electrons. The molecule has 4 aliphatic rings. The summed E-state index contributed by atoms with van der Waals surface area (Å²) in [6.07, 6.45) is 4.75. The van der Waals surface area contributed by atoms with Crippen LogP contribution < -0.4 is 0 Å². The Balaban J connectivity index is 1.83. The molecule has 0 unspecified atom stereocenters. The zero-order valence-electron chi connectivity index (χ0n) is 17.4. The van der Waals surface area contributed by atoms with Crippen molar-refractivity contribution in [1.82, 2.24) is 0 Å². The lowest BCUT2D eigenvalue weighted by atomic mass is 9.41. The van der Waals surface area contributed by atoms with Crippen LogP contribution in [0.1, 0.15) is 66.7 Å². The number of aliphatic hydroxyl groups is 2. The number of ether oxygens (including phenoxy) is 2. The van der Waals surface area contributed by atoms with Crippen LogP contribution in [-0.2, 0) is 19.1 Å². The van der Waals surface area contributed by atoms with Crippen LogP contribution in [0, 0.1) is 28.6 Å². The molecule has 6 heteroatoms. The van der Waals surface area contributed by atoms with Gasteiger partial charge in [0, 0.05) is 30.9 Å². The van der Waals surface area contributed by atoms with Crippen LogP contribution in [0.15, 0.2) is 11.6 Å². The van der Waals surface area contributed by atoms with Crippen molar-refractivity contribution in [2.75, 3.05) is 0 Å². The fourth-order valence-electron chi connectivity index (χ4n) is 7.48. The fourth-order valence-corrected chi connectivity index (χ4v) is 7.48. The molecular weight excluding hydrogens is 360 g/mol. The predicted molar refractivity (Wildman–Crippen MR) is 101 cm³/mol. The molecule has 156 valence electrons. The lowest BCUT2D eigenvalue weighted by Crippen LogP contribution is -2.66. The quantitative estimate of drug-likeness (QED) is 0.667. The zero-order valence-corrected chi connectivity index (χ0v) is 17.4. The molecule has 0 aromatic rings. The van der Waals surface area contributed by atoms with Gasteiger partial charge in [-0.25, -0.2) is 4.79 Å². The second-order valence-electron chi connectivity index (χ2n) is 10.5. The molecular formula is C22H32O6. The molecule has 4 rings (SSSR count). The molecule has 1 heterocycles. The smallest absolute Gasteiger partial charge is 0.333 e. The highest BCUT2D eigenvalue weighted by atomic mass is 16.7. The van der Waals surface area contributed by atoms with E-state index in [0.29, 0.717) is 6.42 Å². The van der Waals surface area contributed by atoms with Gasteiger partial charge in [-0.05, 0) is 48.9 Å². The Morgan fingerprint density at radius 1 is 1.18 bits per heavy atom. The van der Waals surface area contributed by atoms with Crippen molar-refractivity contribution >= 4 is 11.9 Å². The summed E-state index contributed by atoms with van der Waals surface area (Å²) < 4.78 is 11.1. The van der Waals surface area contributed by atoms with Crippen molar-refractivity contribution in [3.05, 3.63) is 11.6 Å². The number of esters is 2. The molecule has 0 aromatic heterocycles. The molecule has 1 aliphatic heterocycles. The maximum absolute atomic E-state index is 11.9. The zero-order chi connectivity index (χ0) is 20.7. The van der Waals surface area contributed by atoms with Crippen LogP contribution in [0.4, 0.5) is 0 Å². The van der Waals surface area contributed by atoms with E-state index in [4.69, 9.17) is 9.47 Å². The van der Waals surface area contributed by atoms with Crippen LogP contribution in [0.3, 0.4) is 0 Å². The largest absolute Gasteiger partial charge is 0.462 e. The molecule has 6 nitrogen and oxygen atoms in total. The van der Waals surface area contributed by atoms with Crippen molar-refractivity contribution in [2.45, 2.75) is 84.2 Å². The second kappa shape index (κ2) is 5.82. The minimum Gasteiger partial charge on any atom is -0.462 e. The van der Waals surface area contributed by atoms with Crippen LogP contribution in [0.2, 0.25) is 0 Å². The van der Waals surface area contributed by atoms with Gasteiger partial charge in [-0.2, -0.15) is 0 Å². The van der Waals surface area contributed by atoms with Gasteiger partial charge in [-0.1, -0.05) is 27.2 Å². The Morgan fingerprint density at radius 2 is 1.86 bits per heavy atom. The molecule has 3 aliphatic carbocycles. The second-order valence-corrected chi connectivity index (χ2v) is 10.5. The van der Waals surface area contributed by atoms with E-state index in [1.54, 1.807) is 6.92 Å². The Labute approximate surface area is 166 Å². The summed E-state index contributed by atoms with van der Waals surface area (Å²) in [6.45, 7) is 9.75. The molecule has 0 amide bonds. The number of hydrogen-bond acceptors (Lipinski definition) is 6. The summed E-state index contributed by atoms with van der Waals surface area (Å²) in [5, 5.41) is 22.7. The summed E-state index contributed by atoms with van der Waals surface area (Å²) in [4.78, 5) is 23.8. The van der Waals surface area contributed by atoms with Gasteiger partial charge in [-0.15, -0.1) is 0 Å². The van der Waals surface area contributed by atoms with Gasteiger partial charge in [0.1, 0.15) is 6.10 Å². The van der Waals surface area contributed by atoms with Gasteiger partial charge >= 0.3 is 11.9 Å². The first-order valence-electron chi connectivity index (χ1n) is 10.4. The van der Waals surface area contributed by atoms with E-state index in [2.05, 4.69) is 20.8 Å². The van der Waals surface area contributed by atoms with E-state index >= 15 is 0 Å². The minimum absolute atomic E-state index is 0.0327. The van der Waals surface area contributed by atoms with E-state index < -0.39 is 17.4 Å². The third-order valence-corrected chi connectivity index (χ3v) is 8.31. The summed E-state index contributed by atoms with van der Waals surface area (Å²) in [5.41, 5.74) is -1.44. The summed E-state index contributed by atoms with van der Waals surface area (Å²) in [7, 11) is 0. The number of carbonyl (C=O) groups is 2. The van der Waals surface area contributed by atoms with Crippen molar-refractivity contribution in [3.63, 3.8) is 0 Å². The summed E-state index contributed by atoms with van der Waals surface area (Å²) >= 11 is 0. The first-order chi connectivity index (χ1) is 12.8. The Hall–Kier alpha value is -1.40. The number of fused-ring (bicyclic) bond motifs is 4. The lowest BCUT2D eigenvalue weighted by molar-refractivity contribution is -0.260. The molecule has 0 saturated heterocycles. The van der Waals surface area contributed by atoms with Crippen LogP contribution in [0.5, 0.6) is 0 Å². The van der Waals surface area contributed by atoms with Crippen LogP contribution in [-0.4, -0.2) is 39.6 Å². The molecule has 0 bridgehead atoms. The van der Waals surface area contributed by atoms with E-state index in [9.17, 15) is 19.8 Å². The fraction of sp³-hybridized carbons (Fsp3) is 0.818. The molecule has 0 aromatic carbocycles. The van der Waals surface area contributed by atoms with Crippen molar-refractivity contribution in [3.8, 4) is 0 Å². The van der Waals surface area contributed by atoms with Gasteiger partial charge in [0.2, 0.25) is 5.79 Å². The average Bonchev–Trinajstić information content (AvgIpc) is 2.83. The highest BCUT2D eigenvalue weighted by Gasteiger charge is 2.68. The average molecular weight is 392 g/mol. The topological polar surface area (TPSA) is 93.1 Å². The number of rotatable bonds is 1. The van der Waals surface area contributed by atoms with Gasteiger partial charge in [0.25, 0.3) is 0 Å². The van der Waals surface area contributed by atoms with Crippen molar-refractivity contribution < 1.29 is 29.3 Å². The first kappa shape index (κ1) is 19.9. The minimum atomic E-state index is -1.74. The predicted octanol–water partition coefficient (Wildman–Crippen LogP) is 2.71. The van der Waals surface area contributed by atoms with Gasteiger partial charge in [0.05, 0.1) is 5.60 Å². The van der Waals surface area contributed by atoms with E-state index in [0.717, 1.165) is 19.3 Å². The SMILES string of the molecule is CC(=O)O[C@@H]1C[C@@H]2[C@H](C[C@]3(O)OC(=O)C=C3[C@@]2(C)O)[C@@]2(C)CCCC(C)(C)[C@H]12. The van der Waals surface area contributed by atoms with E-state index in [1.807, 2.05) is 0 Å². The maximum atomic E-state index is 11.9. The molecule has 2 N–H and O–H groups in total. The normalized spacial score (nSPS) is 49.2. The standard InChI is InChI=1S/C22H32O6/c1-12(23)27-15-9-13-14(20(4)8-6-7-19(2,3)18(15)20)11-22(26)16(21(13,5)25)10-17(24)28-22/h10,13-15,18,25-26H,6-9,11H2,1-5H3/t13-,14+,15-,18+,20-,21+,22+/m1/s1. The van der Waals surface area contributed by atoms with Gasteiger partial charge < -0.3 is 19.7 Å². The number of hydrogen-bond donors (Lipinski definition) is 2. The van der Waals surface area contributed by atoms with Crippen LogP contribution >= 0.6 is 0 Å². The number of carbonyl (C=O) groups excluding carboxylic acids is 2. The molecule has 3 fully saturated rings. The molecule has 0 spiro atoms. The first-order valence-corrected chi connectivity index (χ1v) is 10.4. The summed E-state index contributed by atoms with van der Waals surface area (Å²) in [6, 6.07) is 0. The Kier molecular flexibility index (Phi) is 4.13. The lowest BCUT2D eigenvalue weighted by Gasteiger charge is -2.65. The van der Waals surface area contributed by atoms with E-state index in [-0.39, 0.29) is 52.7 Å². The highest BCUT2D eigenvalue weighted by molar-refractivity contribution is 5.87. The van der Waals surface area contributed by atoms with Crippen LogP contribution in [0.25, 0.3) is 0 Å².